The summed E-state index contributed by atoms with van der Waals surface area (Å²) in [4.78, 5) is 0. The molecule has 0 amide bonds. The minimum absolute atomic E-state index is 0. The molecule has 0 saturated heterocycles. The Bertz CT molecular complexity index is 819. The molecule has 2 nitrogen and oxygen atoms in total. The largest absolute Gasteiger partial charge is 0 e. The smallest absolute Gasteiger partial charge is 0 e. The summed E-state index contributed by atoms with van der Waals surface area (Å²) in [7, 11) is 0. The molecule has 1 aliphatic rings. The molecule has 0 bridgehead atoms. The summed E-state index contributed by atoms with van der Waals surface area (Å²) in [5.74, 6) is 7.69. The first-order valence-electron chi connectivity index (χ1n) is 8.73. The monoisotopic (exact) mass is 424 g/mol. The van der Waals surface area contributed by atoms with Gasteiger partial charge in [-0.25, -0.2) is 0 Å². The fourth-order valence-electron chi connectivity index (χ4n) is 2.59. The third-order valence-corrected chi connectivity index (χ3v) is 4.71. The van der Waals surface area contributed by atoms with Gasteiger partial charge in [-0.15, -0.1) is 0 Å². The summed E-state index contributed by atoms with van der Waals surface area (Å²) in [6.45, 7) is 20.0. The second-order valence-electron chi connectivity index (χ2n) is 6.11. The van der Waals surface area contributed by atoms with Gasteiger partial charge in [-0.2, -0.15) is 0 Å². The number of allylic oxidation sites excluding steroid dienone is 4. The second kappa shape index (κ2) is 16.4. The molecule has 0 N–H and O–H groups in total. The first-order chi connectivity index (χ1) is 13.5. The Hall–Kier alpha value is -2.52. The fraction of sp³-hybridized carbons (Fsp3) is 0.192. The van der Waals surface area contributed by atoms with Crippen molar-refractivity contribution in [2.75, 3.05) is 0 Å². The van der Waals surface area contributed by atoms with Crippen LogP contribution in [-0.4, -0.2) is 0 Å². The Labute approximate surface area is 186 Å². The van der Waals surface area contributed by atoms with Gasteiger partial charge < -0.3 is 0 Å². The van der Waals surface area contributed by atoms with Crippen LogP contribution in [0.1, 0.15) is 45.7 Å². The van der Waals surface area contributed by atoms with E-state index in [4.69, 9.17) is 9.30 Å². The molecular weight excluding hydrogens is 399 g/mol. The van der Waals surface area contributed by atoms with Crippen molar-refractivity contribution in [1.29, 1.82) is 0 Å². The van der Waals surface area contributed by atoms with Crippen molar-refractivity contribution < 1.29 is 26.4 Å². The first-order valence-corrected chi connectivity index (χ1v) is 8.73. The molecule has 0 spiro atoms. The maximum atomic E-state index is 7.50. The van der Waals surface area contributed by atoms with E-state index in [2.05, 4.69) is 59.8 Å². The quantitative estimate of drug-likeness (QED) is 0.207. The van der Waals surface area contributed by atoms with E-state index in [-0.39, 0.29) is 17.1 Å². The van der Waals surface area contributed by atoms with Gasteiger partial charge >= 0.3 is 22.6 Å². The number of hydrogen-bond donors (Lipinski definition) is 0. The van der Waals surface area contributed by atoms with E-state index in [0.717, 1.165) is 11.1 Å². The van der Waals surface area contributed by atoms with Gasteiger partial charge in [0, 0.05) is 34.1 Å². The van der Waals surface area contributed by atoms with E-state index >= 15 is 0 Å². The average molecular weight is 424 g/mol. The minimum Gasteiger partial charge on any atom is 0 e. The van der Waals surface area contributed by atoms with Crippen molar-refractivity contribution in [2.45, 2.75) is 34.6 Å². The first kappa shape index (κ1) is 28.7. The molecule has 0 unspecified atom stereocenters. The Morgan fingerprint density at radius 2 is 0.793 bits per heavy atom. The molecule has 2 aromatic carbocycles. The van der Waals surface area contributed by atoms with Crippen molar-refractivity contribution in [3.63, 3.8) is 0 Å². The van der Waals surface area contributed by atoms with E-state index in [1.807, 2.05) is 60.7 Å². The van der Waals surface area contributed by atoms with E-state index in [1.165, 1.54) is 28.2 Å². The predicted octanol–water partition coefficient (Wildman–Crippen LogP) is 6.28. The SMILES string of the molecule is C(#Cc1ccccc1)c1ccccc1.C[C]1C(C)=C(C)C(C)=C1C.[C-]#[O+].[C-]#[O+].[Mn]. The molecule has 1 aliphatic carbocycles. The van der Waals surface area contributed by atoms with Gasteiger partial charge in [-0.05, 0) is 63.1 Å². The van der Waals surface area contributed by atoms with Crippen LogP contribution in [0, 0.1) is 31.1 Å². The van der Waals surface area contributed by atoms with Crippen molar-refractivity contribution in [2.24, 2.45) is 0 Å². The molecule has 0 aliphatic heterocycles. The molecule has 0 fully saturated rings. The molecule has 3 rings (SSSR count). The van der Waals surface area contributed by atoms with Crippen LogP contribution in [0.5, 0.6) is 0 Å². The van der Waals surface area contributed by atoms with E-state index in [0.29, 0.717) is 0 Å². The Kier molecular flexibility index (Phi) is 16.3. The fourth-order valence-corrected chi connectivity index (χ4v) is 2.59. The van der Waals surface area contributed by atoms with Crippen molar-refractivity contribution in [1.82, 2.24) is 0 Å². The standard InChI is InChI=1S/C14H10.C10H15.2CO.Mn/c1-3-7-13(8-4-1)11-12-14-9-5-2-6-10-14;1-6-7(2)9(4)10(5)8(6)3;2*1-2;/h1-10H;1-5H3;;;. The topological polar surface area (TPSA) is 39.8 Å². The van der Waals surface area contributed by atoms with Crippen molar-refractivity contribution in [3.05, 3.63) is 113 Å². The number of benzene rings is 2. The summed E-state index contributed by atoms with van der Waals surface area (Å²) in [6, 6.07) is 20.0. The van der Waals surface area contributed by atoms with Crippen LogP contribution in [0.25, 0.3) is 0 Å². The number of hydrogen-bond acceptors (Lipinski definition) is 0. The van der Waals surface area contributed by atoms with Crippen molar-refractivity contribution >= 4 is 0 Å². The van der Waals surface area contributed by atoms with Crippen LogP contribution in [-0.2, 0) is 26.4 Å². The summed E-state index contributed by atoms with van der Waals surface area (Å²) >= 11 is 0. The Morgan fingerprint density at radius 3 is 1.00 bits per heavy atom. The van der Waals surface area contributed by atoms with Crippen LogP contribution in [0.4, 0.5) is 0 Å². The summed E-state index contributed by atoms with van der Waals surface area (Å²) < 4.78 is 15.0. The van der Waals surface area contributed by atoms with Gasteiger partial charge in [-0.3, -0.25) is 0 Å². The average Bonchev–Trinajstić information content (AvgIpc) is 2.94. The van der Waals surface area contributed by atoms with Gasteiger partial charge in [0.25, 0.3) is 0 Å². The van der Waals surface area contributed by atoms with E-state index < -0.39 is 0 Å². The zero-order valence-electron chi connectivity index (χ0n) is 17.5. The van der Waals surface area contributed by atoms with Crippen LogP contribution < -0.4 is 0 Å². The zero-order chi connectivity index (χ0) is 21.5. The van der Waals surface area contributed by atoms with Crippen LogP contribution in [0.15, 0.2) is 83.0 Å². The Morgan fingerprint density at radius 1 is 0.517 bits per heavy atom. The van der Waals surface area contributed by atoms with E-state index in [9.17, 15) is 0 Å². The molecule has 2 aromatic rings. The van der Waals surface area contributed by atoms with Gasteiger partial charge in [0.1, 0.15) is 0 Å². The summed E-state index contributed by atoms with van der Waals surface area (Å²) in [5.41, 5.74) is 7.97. The molecular formula is C26H25MnO2. The van der Waals surface area contributed by atoms with Gasteiger partial charge in [0.15, 0.2) is 0 Å². The molecule has 2 radical (unpaired) electrons. The summed E-state index contributed by atoms with van der Waals surface area (Å²) in [6.07, 6.45) is 0. The van der Waals surface area contributed by atoms with Crippen LogP contribution in [0.3, 0.4) is 0 Å². The third-order valence-electron chi connectivity index (χ3n) is 4.71. The maximum Gasteiger partial charge on any atom is 0 e. The molecule has 3 heteroatoms. The molecule has 148 valence electrons. The van der Waals surface area contributed by atoms with Crippen molar-refractivity contribution in [3.8, 4) is 11.8 Å². The third kappa shape index (κ3) is 9.49. The predicted molar refractivity (Wildman–Crippen MR) is 112 cm³/mol. The van der Waals surface area contributed by atoms with E-state index in [1.54, 1.807) is 0 Å². The number of rotatable bonds is 0. The molecule has 0 heterocycles. The summed E-state index contributed by atoms with van der Waals surface area (Å²) in [5, 5.41) is 0. The van der Waals surface area contributed by atoms with Crippen LogP contribution in [0.2, 0.25) is 0 Å². The van der Waals surface area contributed by atoms with Gasteiger partial charge in [0.2, 0.25) is 0 Å². The maximum absolute atomic E-state index is 7.50. The Balaban J connectivity index is 0. The molecule has 0 saturated carbocycles. The molecule has 29 heavy (non-hydrogen) atoms. The molecule has 0 atom stereocenters. The zero-order valence-corrected chi connectivity index (χ0v) is 18.6. The second-order valence-corrected chi connectivity index (χ2v) is 6.11. The normalized spacial score (nSPS) is 11.8. The minimum atomic E-state index is 0. The van der Waals surface area contributed by atoms with Crippen LogP contribution >= 0.6 is 0 Å². The van der Waals surface area contributed by atoms with Gasteiger partial charge in [0.05, 0.1) is 0 Å². The van der Waals surface area contributed by atoms with Gasteiger partial charge in [-0.1, -0.05) is 66.3 Å². The molecule has 0 aromatic heterocycles.